The number of furan rings is 1. The van der Waals surface area contributed by atoms with Crippen LogP contribution in [0.15, 0.2) is 101 Å². The molecule has 5 aromatic rings. The lowest BCUT2D eigenvalue weighted by Crippen LogP contribution is -2.49. The van der Waals surface area contributed by atoms with Crippen molar-refractivity contribution in [3.8, 4) is 17.3 Å². The maximum Gasteiger partial charge on any atom is 0.254 e. The first-order chi connectivity index (χ1) is 19.6. The van der Waals surface area contributed by atoms with E-state index in [1.54, 1.807) is 18.4 Å². The molecule has 2 aromatic heterocycles. The number of aryl methyl sites for hydroxylation is 1. The summed E-state index contributed by atoms with van der Waals surface area (Å²) in [6.45, 7) is 4.27. The standard InChI is InChI=1S/C31H28FN5O2S/c1-22-8-6-10-24(20-22)37-29(28-14-7-19-39-28)33-34-31(37)40-21-23-9-2-3-11-25(23)30(38)36-17-15-35(16-18-36)27-13-5-4-12-26(27)32/h2-14,19-20H,15-18,21H2,1H3. The van der Waals surface area contributed by atoms with E-state index in [2.05, 4.69) is 16.3 Å². The minimum Gasteiger partial charge on any atom is -0.461 e. The minimum absolute atomic E-state index is 0.0131. The smallest absolute Gasteiger partial charge is 0.254 e. The van der Waals surface area contributed by atoms with Crippen LogP contribution >= 0.6 is 11.8 Å². The molecule has 0 atom stereocenters. The van der Waals surface area contributed by atoms with E-state index >= 15 is 0 Å². The Bertz CT molecular complexity index is 1630. The molecule has 0 bridgehead atoms. The van der Waals surface area contributed by atoms with Gasteiger partial charge in [-0.25, -0.2) is 4.39 Å². The van der Waals surface area contributed by atoms with Gasteiger partial charge in [0.05, 0.1) is 17.6 Å². The van der Waals surface area contributed by atoms with Crippen LogP contribution in [0.1, 0.15) is 21.5 Å². The summed E-state index contributed by atoms with van der Waals surface area (Å²) in [6.07, 6.45) is 1.62. The average molecular weight is 554 g/mol. The van der Waals surface area contributed by atoms with Gasteiger partial charge in [-0.3, -0.25) is 9.36 Å². The number of hydrogen-bond donors (Lipinski definition) is 0. The van der Waals surface area contributed by atoms with Gasteiger partial charge in [-0.05, 0) is 60.5 Å². The second kappa shape index (κ2) is 11.4. The monoisotopic (exact) mass is 553 g/mol. The maximum atomic E-state index is 14.3. The van der Waals surface area contributed by atoms with Gasteiger partial charge in [0, 0.05) is 37.5 Å². The first kappa shape index (κ1) is 25.9. The molecule has 1 fully saturated rings. The number of thioether (sulfide) groups is 1. The molecule has 0 spiro atoms. The summed E-state index contributed by atoms with van der Waals surface area (Å²) in [5.41, 5.74) is 4.24. The molecule has 40 heavy (non-hydrogen) atoms. The van der Waals surface area contributed by atoms with E-state index in [0.717, 1.165) is 16.8 Å². The molecule has 0 N–H and O–H groups in total. The van der Waals surface area contributed by atoms with Crippen LogP contribution in [0.2, 0.25) is 0 Å². The molecule has 3 aromatic carbocycles. The van der Waals surface area contributed by atoms with E-state index in [4.69, 9.17) is 4.42 Å². The minimum atomic E-state index is -0.238. The van der Waals surface area contributed by atoms with Gasteiger partial charge >= 0.3 is 0 Å². The summed E-state index contributed by atoms with van der Waals surface area (Å²) in [7, 11) is 0. The van der Waals surface area contributed by atoms with Crippen LogP contribution in [0.5, 0.6) is 0 Å². The van der Waals surface area contributed by atoms with Gasteiger partial charge in [0.1, 0.15) is 5.82 Å². The lowest BCUT2D eigenvalue weighted by Gasteiger charge is -2.36. The molecule has 1 aliphatic heterocycles. The maximum absolute atomic E-state index is 14.3. The molecule has 9 heteroatoms. The van der Waals surface area contributed by atoms with Crippen molar-refractivity contribution in [1.29, 1.82) is 0 Å². The van der Waals surface area contributed by atoms with Crippen molar-refractivity contribution in [2.24, 2.45) is 0 Å². The number of carbonyl (C=O) groups is 1. The van der Waals surface area contributed by atoms with E-state index in [1.165, 1.54) is 17.8 Å². The van der Waals surface area contributed by atoms with Crippen LogP contribution in [-0.2, 0) is 5.75 Å². The van der Waals surface area contributed by atoms with Crippen LogP contribution in [0, 0.1) is 12.7 Å². The molecule has 0 aliphatic carbocycles. The molecular formula is C31H28FN5O2S. The van der Waals surface area contributed by atoms with Gasteiger partial charge in [-0.2, -0.15) is 0 Å². The van der Waals surface area contributed by atoms with Crippen molar-refractivity contribution < 1.29 is 13.6 Å². The summed E-state index contributed by atoms with van der Waals surface area (Å²) in [5, 5.41) is 9.63. The molecular weight excluding hydrogens is 525 g/mol. The fourth-order valence-electron chi connectivity index (χ4n) is 4.95. The van der Waals surface area contributed by atoms with E-state index in [-0.39, 0.29) is 11.7 Å². The van der Waals surface area contributed by atoms with Crippen LogP contribution in [0.3, 0.4) is 0 Å². The molecule has 0 radical (unpaired) electrons. The summed E-state index contributed by atoms with van der Waals surface area (Å²) < 4.78 is 21.9. The Morgan fingerprint density at radius 3 is 2.50 bits per heavy atom. The lowest BCUT2D eigenvalue weighted by molar-refractivity contribution is 0.0746. The first-order valence-corrected chi connectivity index (χ1v) is 14.1. The number of carbonyl (C=O) groups excluding carboxylic acids is 1. The van der Waals surface area contributed by atoms with Crippen molar-refractivity contribution in [1.82, 2.24) is 19.7 Å². The van der Waals surface area contributed by atoms with Crippen LogP contribution in [0.25, 0.3) is 17.3 Å². The zero-order chi connectivity index (χ0) is 27.5. The van der Waals surface area contributed by atoms with Gasteiger partial charge < -0.3 is 14.2 Å². The third-order valence-corrected chi connectivity index (χ3v) is 7.98. The number of hydrogen-bond acceptors (Lipinski definition) is 6. The predicted molar refractivity (Wildman–Crippen MR) is 154 cm³/mol. The van der Waals surface area contributed by atoms with Crippen LogP contribution in [-0.4, -0.2) is 51.8 Å². The van der Waals surface area contributed by atoms with Gasteiger partial charge in [0.25, 0.3) is 5.91 Å². The number of benzene rings is 3. The number of amides is 1. The van der Waals surface area contributed by atoms with Crippen LogP contribution < -0.4 is 4.90 Å². The normalized spacial score (nSPS) is 13.6. The van der Waals surface area contributed by atoms with E-state index in [1.807, 2.05) is 82.0 Å². The highest BCUT2D eigenvalue weighted by atomic mass is 32.2. The predicted octanol–water partition coefficient (Wildman–Crippen LogP) is 6.23. The summed E-state index contributed by atoms with van der Waals surface area (Å²) in [6, 6.07) is 26.3. The molecule has 202 valence electrons. The molecule has 1 aliphatic rings. The third-order valence-electron chi connectivity index (χ3n) is 7.00. The zero-order valence-electron chi connectivity index (χ0n) is 22.0. The van der Waals surface area contributed by atoms with E-state index in [9.17, 15) is 9.18 Å². The second-order valence-electron chi connectivity index (χ2n) is 9.63. The largest absolute Gasteiger partial charge is 0.461 e. The number of anilines is 1. The highest BCUT2D eigenvalue weighted by Gasteiger charge is 2.25. The molecule has 0 unspecified atom stereocenters. The summed E-state index contributed by atoms with van der Waals surface area (Å²) in [5.74, 6) is 1.54. The van der Waals surface area contributed by atoms with E-state index < -0.39 is 0 Å². The quantitative estimate of drug-likeness (QED) is 0.223. The molecule has 6 rings (SSSR count). The molecule has 1 amide bonds. The topological polar surface area (TPSA) is 67.4 Å². The Balaban J connectivity index is 1.21. The summed E-state index contributed by atoms with van der Waals surface area (Å²) in [4.78, 5) is 17.5. The van der Waals surface area contributed by atoms with Gasteiger partial charge in [0.15, 0.2) is 10.9 Å². The Labute approximate surface area is 236 Å². The fourth-order valence-corrected chi connectivity index (χ4v) is 5.91. The fraction of sp³-hybridized carbons (Fsp3) is 0.194. The number of nitrogens with zero attached hydrogens (tertiary/aromatic N) is 5. The Kier molecular flexibility index (Phi) is 7.37. The zero-order valence-corrected chi connectivity index (χ0v) is 22.9. The van der Waals surface area contributed by atoms with Crippen molar-refractivity contribution in [3.05, 3.63) is 114 Å². The van der Waals surface area contributed by atoms with Gasteiger partial charge in [0.2, 0.25) is 5.82 Å². The lowest BCUT2D eigenvalue weighted by atomic mass is 10.1. The SMILES string of the molecule is Cc1cccc(-n2c(SCc3ccccc3C(=O)N3CCN(c4ccccc4F)CC3)nnc2-c2ccco2)c1. The molecule has 1 saturated heterocycles. The van der Waals surface area contributed by atoms with Crippen molar-refractivity contribution in [3.63, 3.8) is 0 Å². The number of rotatable bonds is 7. The molecule has 3 heterocycles. The molecule has 7 nitrogen and oxygen atoms in total. The number of aromatic nitrogens is 3. The third kappa shape index (κ3) is 5.24. The van der Waals surface area contributed by atoms with Gasteiger partial charge in [-0.15, -0.1) is 10.2 Å². The van der Waals surface area contributed by atoms with Gasteiger partial charge in [-0.1, -0.05) is 54.2 Å². The highest BCUT2D eigenvalue weighted by molar-refractivity contribution is 7.98. The van der Waals surface area contributed by atoms with Crippen molar-refractivity contribution in [2.45, 2.75) is 17.8 Å². The van der Waals surface area contributed by atoms with Crippen LogP contribution in [0.4, 0.5) is 10.1 Å². The van der Waals surface area contributed by atoms with Crippen molar-refractivity contribution >= 4 is 23.4 Å². The number of piperazine rings is 1. The number of halogens is 1. The average Bonchev–Trinajstić information content (AvgIpc) is 3.67. The van der Waals surface area contributed by atoms with Crippen molar-refractivity contribution in [2.75, 3.05) is 31.1 Å². The first-order valence-electron chi connectivity index (χ1n) is 13.1. The number of para-hydroxylation sites is 1. The Morgan fingerprint density at radius 2 is 1.73 bits per heavy atom. The van der Waals surface area contributed by atoms with E-state index in [0.29, 0.717) is 59.9 Å². The Morgan fingerprint density at radius 1 is 0.925 bits per heavy atom. The Hall–Kier alpha value is -4.37. The second-order valence-corrected chi connectivity index (χ2v) is 10.6. The molecule has 0 saturated carbocycles. The summed E-state index contributed by atoms with van der Waals surface area (Å²) >= 11 is 1.52. The highest BCUT2D eigenvalue weighted by Crippen LogP contribution is 2.31.